The first kappa shape index (κ1) is 17.2. The van der Waals surface area contributed by atoms with Gasteiger partial charge in [-0.3, -0.25) is 9.78 Å². The Hall–Kier alpha value is -3.21. The molecule has 0 atom stereocenters. The largest absolute Gasteiger partial charge is 0.497 e. The van der Waals surface area contributed by atoms with Crippen molar-refractivity contribution < 1.29 is 19.1 Å². The topological polar surface area (TPSA) is 65.5 Å². The summed E-state index contributed by atoms with van der Waals surface area (Å²) in [6.45, 7) is -0.318. The molecule has 0 N–H and O–H groups in total. The van der Waals surface area contributed by atoms with Crippen LogP contribution < -0.4 is 4.74 Å². The summed E-state index contributed by atoms with van der Waals surface area (Å²) in [6.07, 6.45) is 2.18. The highest BCUT2D eigenvalue weighted by molar-refractivity contribution is 6.05. The van der Waals surface area contributed by atoms with E-state index in [0.717, 1.165) is 29.4 Å². The van der Waals surface area contributed by atoms with E-state index < -0.39 is 5.97 Å². The van der Waals surface area contributed by atoms with E-state index in [1.54, 1.807) is 30.3 Å². The second kappa shape index (κ2) is 7.19. The molecule has 2 aromatic carbocycles. The van der Waals surface area contributed by atoms with Crippen molar-refractivity contribution in [2.45, 2.75) is 18.8 Å². The summed E-state index contributed by atoms with van der Waals surface area (Å²) >= 11 is 0. The predicted molar refractivity (Wildman–Crippen MR) is 101 cm³/mol. The third-order valence-electron chi connectivity index (χ3n) is 4.68. The van der Waals surface area contributed by atoms with E-state index in [2.05, 4.69) is 4.98 Å². The summed E-state index contributed by atoms with van der Waals surface area (Å²) < 4.78 is 10.4. The van der Waals surface area contributed by atoms with Gasteiger partial charge in [0, 0.05) is 22.6 Å². The average Bonchev–Trinajstić information content (AvgIpc) is 3.56. The molecule has 0 radical (unpaired) electrons. The number of Topliss-reactive ketones (excluding diaryl/α,β-unsaturated/α-hetero) is 1. The molecule has 0 spiro atoms. The summed E-state index contributed by atoms with van der Waals surface area (Å²) in [7, 11) is 1.54. The maximum Gasteiger partial charge on any atom is 0.339 e. The molecular formula is C22H19NO4. The molecule has 3 aromatic rings. The number of hydrogen-bond donors (Lipinski definition) is 0. The van der Waals surface area contributed by atoms with Gasteiger partial charge in [-0.05, 0) is 37.1 Å². The van der Waals surface area contributed by atoms with Crippen LogP contribution in [0.4, 0.5) is 0 Å². The lowest BCUT2D eigenvalue weighted by molar-refractivity contribution is 0.0476. The van der Waals surface area contributed by atoms with Crippen LogP contribution >= 0.6 is 0 Å². The summed E-state index contributed by atoms with van der Waals surface area (Å²) in [5, 5.41) is 0.737. The second-order valence-corrected chi connectivity index (χ2v) is 6.62. The number of carbonyl (C=O) groups is 2. The van der Waals surface area contributed by atoms with Crippen molar-refractivity contribution in [1.82, 2.24) is 4.98 Å². The number of pyridine rings is 1. The number of fused-ring (bicyclic) bond motifs is 1. The zero-order chi connectivity index (χ0) is 18.8. The number of esters is 1. The predicted octanol–water partition coefficient (Wildman–Crippen LogP) is 4.16. The summed E-state index contributed by atoms with van der Waals surface area (Å²) in [5.74, 6) is 0.218. The molecule has 0 unspecified atom stereocenters. The molecule has 5 heteroatoms. The third-order valence-corrected chi connectivity index (χ3v) is 4.68. The molecule has 0 bridgehead atoms. The Kier molecular flexibility index (Phi) is 4.59. The van der Waals surface area contributed by atoms with E-state index in [9.17, 15) is 9.59 Å². The van der Waals surface area contributed by atoms with Gasteiger partial charge in [-0.2, -0.15) is 0 Å². The molecule has 1 aliphatic rings. The number of aromatic nitrogens is 1. The number of hydrogen-bond acceptors (Lipinski definition) is 5. The molecule has 136 valence electrons. The van der Waals surface area contributed by atoms with Crippen molar-refractivity contribution in [2.75, 3.05) is 13.7 Å². The Morgan fingerprint density at radius 3 is 2.67 bits per heavy atom. The van der Waals surface area contributed by atoms with Crippen molar-refractivity contribution in [2.24, 2.45) is 0 Å². The first-order valence-electron chi connectivity index (χ1n) is 8.90. The molecule has 1 heterocycles. The van der Waals surface area contributed by atoms with Gasteiger partial charge < -0.3 is 9.47 Å². The number of nitrogens with zero attached hydrogens (tertiary/aromatic N) is 1. The first-order chi connectivity index (χ1) is 13.2. The van der Waals surface area contributed by atoms with Crippen LogP contribution in [0.5, 0.6) is 5.75 Å². The zero-order valence-electron chi connectivity index (χ0n) is 15.0. The number of ether oxygens (including phenoxy) is 2. The molecule has 1 saturated carbocycles. The van der Waals surface area contributed by atoms with Crippen LogP contribution in [0.2, 0.25) is 0 Å². The fraction of sp³-hybridized carbons (Fsp3) is 0.227. The third kappa shape index (κ3) is 3.67. The van der Waals surface area contributed by atoms with Gasteiger partial charge in [-0.15, -0.1) is 0 Å². The molecule has 0 saturated heterocycles. The van der Waals surface area contributed by atoms with Crippen molar-refractivity contribution in [3.8, 4) is 5.75 Å². The lowest BCUT2D eigenvalue weighted by Gasteiger charge is -2.10. The Morgan fingerprint density at radius 1 is 1.07 bits per heavy atom. The maximum absolute atomic E-state index is 12.7. The zero-order valence-corrected chi connectivity index (χ0v) is 15.0. The molecule has 5 nitrogen and oxygen atoms in total. The fourth-order valence-corrected chi connectivity index (χ4v) is 3.04. The average molecular weight is 361 g/mol. The number of benzene rings is 2. The molecular weight excluding hydrogens is 342 g/mol. The highest BCUT2D eigenvalue weighted by Crippen LogP contribution is 2.40. The van der Waals surface area contributed by atoms with E-state index >= 15 is 0 Å². The van der Waals surface area contributed by atoms with Crippen molar-refractivity contribution in [3.63, 3.8) is 0 Å². The van der Waals surface area contributed by atoms with Crippen molar-refractivity contribution in [3.05, 3.63) is 71.4 Å². The highest BCUT2D eigenvalue weighted by Gasteiger charge is 2.27. The SMILES string of the molecule is COc1cccc(C(=O)COC(=O)c2cc(C3CC3)nc3ccccc23)c1. The number of methoxy groups -OCH3 is 1. The molecule has 1 fully saturated rings. The van der Waals surface area contributed by atoms with Gasteiger partial charge in [-0.25, -0.2) is 4.79 Å². The van der Waals surface area contributed by atoms with Crippen LogP contribution in [-0.2, 0) is 4.74 Å². The Morgan fingerprint density at radius 2 is 1.89 bits per heavy atom. The van der Waals surface area contributed by atoms with E-state index in [1.807, 2.05) is 24.3 Å². The molecule has 1 aliphatic carbocycles. The van der Waals surface area contributed by atoms with E-state index in [0.29, 0.717) is 22.8 Å². The van der Waals surface area contributed by atoms with Gasteiger partial charge in [-0.1, -0.05) is 30.3 Å². The Balaban J connectivity index is 1.55. The second-order valence-electron chi connectivity index (χ2n) is 6.62. The number of rotatable bonds is 6. The lowest BCUT2D eigenvalue weighted by Crippen LogP contribution is -2.15. The van der Waals surface area contributed by atoms with E-state index in [-0.39, 0.29) is 12.4 Å². The van der Waals surface area contributed by atoms with E-state index in [4.69, 9.17) is 9.47 Å². The minimum Gasteiger partial charge on any atom is -0.497 e. The van der Waals surface area contributed by atoms with Crippen LogP contribution in [0.1, 0.15) is 45.2 Å². The Bertz CT molecular complexity index is 1020. The first-order valence-corrected chi connectivity index (χ1v) is 8.90. The van der Waals surface area contributed by atoms with Crippen LogP contribution in [0.25, 0.3) is 10.9 Å². The minimum atomic E-state index is -0.508. The lowest BCUT2D eigenvalue weighted by atomic mass is 10.1. The number of ketones is 1. The Labute approximate surface area is 156 Å². The van der Waals surface area contributed by atoms with Gasteiger partial charge >= 0.3 is 5.97 Å². The molecule has 1 aromatic heterocycles. The molecule has 4 rings (SSSR count). The monoisotopic (exact) mass is 361 g/mol. The van der Waals surface area contributed by atoms with Crippen LogP contribution in [0.3, 0.4) is 0 Å². The molecule has 27 heavy (non-hydrogen) atoms. The van der Waals surface area contributed by atoms with Crippen LogP contribution in [0, 0.1) is 0 Å². The maximum atomic E-state index is 12.7. The minimum absolute atomic E-state index is 0.275. The standard InChI is InChI=1S/C22H19NO4/c1-26-16-6-4-5-15(11-16)21(24)13-27-22(25)18-12-20(14-9-10-14)23-19-8-3-2-7-17(18)19/h2-8,11-12,14H,9-10,13H2,1H3. The van der Waals surface area contributed by atoms with E-state index in [1.165, 1.54) is 7.11 Å². The smallest absolute Gasteiger partial charge is 0.339 e. The van der Waals surface area contributed by atoms with Gasteiger partial charge in [0.2, 0.25) is 0 Å². The van der Waals surface area contributed by atoms with Crippen molar-refractivity contribution >= 4 is 22.7 Å². The normalized spacial score (nSPS) is 13.4. The fourth-order valence-electron chi connectivity index (χ4n) is 3.04. The van der Waals surface area contributed by atoms with Crippen LogP contribution in [-0.4, -0.2) is 30.5 Å². The number of carbonyl (C=O) groups excluding carboxylic acids is 2. The van der Waals surface area contributed by atoms with Gasteiger partial charge in [0.1, 0.15) is 5.75 Å². The summed E-state index contributed by atoms with van der Waals surface area (Å²) in [6, 6.07) is 16.1. The summed E-state index contributed by atoms with van der Waals surface area (Å²) in [5.41, 5.74) is 2.59. The molecule has 0 aliphatic heterocycles. The van der Waals surface area contributed by atoms with Gasteiger partial charge in [0.25, 0.3) is 0 Å². The molecule has 0 amide bonds. The quantitative estimate of drug-likeness (QED) is 0.487. The number of para-hydroxylation sites is 1. The van der Waals surface area contributed by atoms with Gasteiger partial charge in [0.05, 0.1) is 18.2 Å². The van der Waals surface area contributed by atoms with Crippen LogP contribution in [0.15, 0.2) is 54.6 Å². The summed E-state index contributed by atoms with van der Waals surface area (Å²) in [4.78, 5) is 29.7. The van der Waals surface area contributed by atoms with Crippen molar-refractivity contribution in [1.29, 1.82) is 0 Å². The highest BCUT2D eigenvalue weighted by atomic mass is 16.5. The van der Waals surface area contributed by atoms with Gasteiger partial charge in [0.15, 0.2) is 12.4 Å².